The van der Waals surface area contributed by atoms with Crippen LogP contribution in [-0.2, 0) is 11.3 Å². The number of thiophene rings is 1. The van der Waals surface area contributed by atoms with Gasteiger partial charge in [-0.1, -0.05) is 30.3 Å². The number of ether oxygens (including phenoxy) is 1. The van der Waals surface area contributed by atoms with Crippen LogP contribution in [0, 0.1) is 6.92 Å². The Morgan fingerprint density at radius 2 is 2.00 bits per heavy atom. The Balaban J connectivity index is 2.11. The minimum absolute atomic E-state index is 0.0222. The third-order valence-electron chi connectivity index (χ3n) is 2.96. The SMILES string of the molecule is Cc1ccccc1C(OCc1cccs1)C(C)N. The van der Waals surface area contributed by atoms with Crippen LogP contribution in [0.5, 0.6) is 0 Å². The van der Waals surface area contributed by atoms with Gasteiger partial charge >= 0.3 is 0 Å². The highest BCUT2D eigenvalue weighted by atomic mass is 32.1. The lowest BCUT2D eigenvalue weighted by atomic mass is 9.99. The van der Waals surface area contributed by atoms with Gasteiger partial charge in [-0.05, 0) is 36.4 Å². The molecular formula is C15H19NOS. The van der Waals surface area contributed by atoms with Crippen molar-refractivity contribution in [3.8, 4) is 0 Å². The molecule has 0 aliphatic heterocycles. The van der Waals surface area contributed by atoms with Gasteiger partial charge in [-0.2, -0.15) is 0 Å². The maximum atomic E-state index is 6.06. The number of benzene rings is 1. The molecule has 0 aliphatic rings. The first-order valence-electron chi connectivity index (χ1n) is 6.13. The van der Waals surface area contributed by atoms with Crippen molar-refractivity contribution in [3.05, 3.63) is 57.8 Å². The third kappa shape index (κ3) is 3.19. The summed E-state index contributed by atoms with van der Waals surface area (Å²) in [5, 5.41) is 2.06. The number of nitrogens with two attached hydrogens (primary N) is 1. The first-order valence-corrected chi connectivity index (χ1v) is 7.01. The standard InChI is InChI=1S/C15H19NOS/c1-11-6-3-4-8-14(11)15(12(2)16)17-10-13-7-5-9-18-13/h3-9,12,15H,10,16H2,1-2H3. The molecule has 18 heavy (non-hydrogen) atoms. The minimum Gasteiger partial charge on any atom is -0.366 e. The molecule has 96 valence electrons. The molecule has 1 aromatic carbocycles. The van der Waals surface area contributed by atoms with Crippen molar-refractivity contribution in [2.24, 2.45) is 5.73 Å². The van der Waals surface area contributed by atoms with Gasteiger partial charge in [0.15, 0.2) is 0 Å². The summed E-state index contributed by atoms with van der Waals surface area (Å²) in [6.45, 7) is 4.71. The van der Waals surface area contributed by atoms with Crippen molar-refractivity contribution in [2.45, 2.75) is 32.6 Å². The van der Waals surface area contributed by atoms with E-state index in [1.54, 1.807) is 11.3 Å². The van der Waals surface area contributed by atoms with E-state index >= 15 is 0 Å². The van der Waals surface area contributed by atoms with Gasteiger partial charge in [0.25, 0.3) is 0 Å². The molecule has 0 radical (unpaired) electrons. The Morgan fingerprint density at radius 1 is 1.22 bits per heavy atom. The second kappa shape index (κ2) is 6.14. The van der Waals surface area contributed by atoms with Crippen molar-refractivity contribution < 1.29 is 4.74 Å². The van der Waals surface area contributed by atoms with Crippen LogP contribution in [0.2, 0.25) is 0 Å². The molecule has 2 aromatic rings. The first-order chi connectivity index (χ1) is 8.68. The third-order valence-corrected chi connectivity index (χ3v) is 3.81. The second-order valence-corrected chi connectivity index (χ2v) is 5.56. The highest BCUT2D eigenvalue weighted by Gasteiger charge is 2.18. The number of rotatable bonds is 5. The molecular weight excluding hydrogens is 242 g/mol. The smallest absolute Gasteiger partial charge is 0.0980 e. The summed E-state index contributed by atoms with van der Waals surface area (Å²) in [6.07, 6.45) is -0.0479. The van der Waals surface area contributed by atoms with Crippen LogP contribution in [0.25, 0.3) is 0 Å². The Labute approximate surface area is 112 Å². The molecule has 0 amide bonds. The molecule has 1 heterocycles. The molecule has 0 bridgehead atoms. The molecule has 0 saturated carbocycles. The molecule has 2 atom stereocenters. The van der Waals surface area contributed by atoms with E-state index in [-0.39, 0.29) is 12.1 Å². The fourth-order valence-corrected chi connectivity index (χ4v) is 2.62. The highest BCUT2D eigenvalue weighted by molar-refractivity contribution is 7.09. The van der Waals surface area contributed by atoms with E-state index in [2.05, 4.69) is 30.5 Å². The Hall–Kier alpha value is -1.16. The maximum Gasteiger partial charge on any atom is 0.0980 e. The number of hydrogen-bond acceptors (Lipinski definition) is 3. The van der Waals surface area contributed by atoms with Crippen molar-refractivity contribution in [1.82, 2.24) is 0 Å². The lowest BCUT2D eigenvalue weighted by Crippen LogP contribution is -2.27. The Morgan fingerprint density at radius 3 is 2.61 bits per heavy atom. The van der Waals surface area contributed by atoms with E-state index in [1.807, 2.05) is 25.1 Å². The number of aryl methyl sites for hydroxylation is 1. The van der Waals surface area contributed by atoms with Crippen LogP contribution < -0.4 is 5.73 Å². The van der Waals surface area contributed by atoms with Crippen LogP contribution in [-0.4, -0.2) is 6.04 Å². The molecule has 1 aromatic heterocycles. The van der Waals surface area contributed by atoms with E-state index in [0.717, 1.165) is 0 Å². The number of hydrogen-bond donors (Lipinski definition) is 1. The lowest BCUT2D eigenvalue weighted by Gasteiger charge is -2.23. The van der Waals surface area contributed by atoms with Crippen LogP contribution in [0.1, 0.15) is 29.0 Å². The summed E-state index contributed by atoms with van der Waals surface area (Å²) in [7, 11) is 0. The second-order valence-electron chi connectivity index (χ2n) is 4.53. The zero-order valence-electron chi connectivity index (χ0n) is 10.8. The summed E-state index contributed by atoms with van der Waals surface area (Å²) in [4.78, 5) is 1.23. The van der Waals surface area contributed by atoms with Crippen molar-refractivity contribution in [1.29, 1.82) is 0 Å². The summed E-state index contributed by atoms with van der Waals surface area (Å²) in [5.74, 6) is 0. The van der Waals surface area contributed by atoms with Crippen LogP contribution in [0.4, 0.5) is 0 Å². The molecule has 0 aliphatic carbocycles. The topological polar surface area (TPSA) is 35.2 Å². The highest BCUT2D eigenvalue weighted by Crippen LogP contribution is 2.25. The minimum atomic E-state index is -0.0479. The van der Waals surface area contributed by atoms with Gasteiger partial charge < -0.3 is 10.5 Å². The summed E-state index contributed by atoms with van der Waals surface area (Å²) >= 11 is 1.71. The van der Waals surface area contributed by atoms with Crippen LogP contribution in [0.3, 0.4) is 0 Å². The van der Waals surface area contributed by atoms with Gasteiger partial charge in [-0.3, -0.25) is 0 Å². The fraction of sp³-hybridized carbons (Fsp3) is 0.333. The average molecular weight is 261 g/mol. The monoisotopic (exact) mass is 261 g/mol. The summed E-state index contributed by atoms with van der Waals surface area (Å²) < 4.78 is 6.00. The predicted molar refractivity (Wildman–Crippen MR) is 76.7 cm³/mol. The molecule has 0 fully saturated rings. The normalized spacial score (nSPS) is 14.4. The fourth-order valence-electron chi connectivity index (χ4n) is 2.00. The predicted octanol–water partition coefficient (Wildman–Crippen LogP) is 3.66. The molecule has 3 heteroatoms. The Bertz CT molecular complexity index is 479. The van der Waals surface area contributed by atoms with E-state index in [9.17, 15) is 0 Å². The molecule has 2 rings (SSSR count). The first kappa shape index (κ1) is 13.3. The van der Waals surface area contributed by atoms with Crippen molar-refractivity contribution in [3.63, 3.8) is 0 Å². The van der Waals surface area contributed by atoms with Crippen molar-refractivity contribution >= 4 is 11.3 Å². The largest absolute Gasteiger partial charge is 0.366 e. The van der Waals surface area contributed by atoms with Gasteiger partial charge in [0, 0.05) is 10.9 Å². The lowest BCUT2D eigenvalue weighted by molar-refractivity contribution is 0.0270. The molecule has 2 unspecified atom stereocenters. The van der Waals surface area contributed by atoms with E-state index in [4.69, 9.17) is 10.5 Å². The van der Waals surface area contributed by atoms with Crippen LogP contribution >= 0.6 is 11.3 Å². The zero-order valence-corrected chi connectivity index (χ0v) is 11.6. The molecule has 0 spiro atoms. The molecule has 2 N–H and O–H groups in total. The zero-order chi connectivity index (χ0) is 13.0. The van der Waals surface area contributed by atoms with Gasteiger partial charge in [-0.25, -0.2) is 0 Å². The van der Waals surface area contributed by atoms with Gasteiger partial charge in [0.1, 0.15) is 0 Å². The maximum absolute atomic E-state index is 6.06. The van der Waals surface area contributed by atoms with Gasteiger partial charge in [0.05, 0.1) is 12.7 Å². The van der Waals surface area contributed by atoms with E-state index in [1.165, 1.54) is 16.0 Å². The summed E-state index contributed by atoms with van der Waals surface area (Å²) in [5.41, 5.74) is 8.47. The van der Waals surface area contributed by atoms with Crippen molar-refractivity contribution in [2.75, 3.05) is 0 Å². The van der Waals surface area contributed by atoms with Gasteiger partial charge in [-0.15, -0.1) is 11.3 Å². The average Bonchev–Trinajstić information content (AvgIpc) is 2.84. The molecule has 2 nitrogen and oxygen atoms in total. The Kier molecular flexibility index (Phi) is 4.53. The van der Waals surface area contributed by atoms with Gasteiger partial charge in [0.2, 0.25) is 0 Å². The molecule has 0 saturated heterocycles. The summed E-state index contributed by atoms with van der Waals surface area (Å²) in [6, 6.07) is 12.4. The quantitative estimate of drug-likeness (QED) is 0.891. The van der Waals surface area contributed by atoms with Crippen LogP contribution in [0.15, 0.2) is 41.8 Å². The van der Waals surface area contributed by atoms with E-state index < -0.39 is 0 Å². The van der Waals surface area contributed by atoms with E-state index in [0.29, 0.717) is 6.61 Å².